The van der Waals surface area contributed by atoms with Gasteiger partial charge in [0.05, 0.1) is 10.9 Å². The second-order valence-corrected chi connectivity index (χ2v) is 7.37. The van der Waals surface area contributed by atoms with Crippen LogP contribution < -0.4 is 4.90 Å². The van der Waals surface area contributed by atoms with Crippen molar-refractivity contribution in [3.63, 3.8) is 0 Å². The lowest BCUT2D eigenvalue weighted by Crippen LogP contribution is -2.51. The lowest BCUT2D eigenvalue weighted by atomic mass is 9.96. The molecule has 0 aliphatic carbocycles. The summed E-state index contributed by atoms with van der Waals surface area (Å²) in [6.45, 7) is 5.15. The fourth-order valence-corrected chi connectivity index (χ4v) is 3.93. The molecule has 2 aliphatic heterocycles. The minimum absolute atomic E-state index is 0.0312. The summed E-state index contributed by atoms with van der Waals surface area (Å²) in [4.78, 5) is 19.4. The van der Waals surface area contributed by atoms with E-state index in [0.29, 0.717) is 17.2 Å². The molecule has 0 bridgehead atoms. The highest BCUT2D eigenvalue weighted by Crippen LogP contribution is 2.26. The highest BCUT2D eigenvalue weighted by molar-refractivity contribution is 6.33. The molecule has 2 saturated heterocycles. The van der Waals surface area contributed by atoms with Gasteiger partial charge in [0.25, 0.3) is 0 Å². The third kappa shape index (κ3) is 3.18. The van der Waals surface area contributed by atoms with Crippen molar-refractivity contribution >= 4 is 29.1 Å². The quantitative estimate of drug-likeness (QED) is 0.807. The first kappa shape index (κ1) is 16.6. The van der Waals surface area contributed by atoms with E-state index in [1.807, 2.05) is 27.6 Å². The van der Waals surface area contributed by atoms with E-state index in [9.17, 15) is 4.79 Å². The molecule has 0 saturated carbocycles. The molecule has 1 unspecified atom stereocenters. The van der Waals surface area contributed by atoms with Crippen molar-refractivity contribution in [2.75, 3.05) is 51.2 Å². The Morgan fingerprint density at radius 1 is 1.20 bits per heavy atom. The number of carbonyl (C=O) groups is 1. The predicted octanol–water partition coefficient (Wildman–Crippen LogP) is 1.37. The summed E-state index contributed by atoms with van der Waals surface area (Å²) in [5.74, 6) is 1.08. The van der Waals surface area contributed by atoms with Crippen LogP contribution in [0, 0.1) is 5.92 Å². The zero-order chi connectivity index (χ0) is 17.4. The van der Waals surface area contributed by atoms with Gasteiger partial charge in [-0.3, -0.25) is 9.20 Å². The SMILES string of the molecule is CN1CCN(C(=O)C2CCCN(c3nnc4c(Cl)cccn34)C2)CC1. The Hall–Kier alpha value is -1.86. The van der Waals surface area contributed by atoms with E-state index in [1.54, 1.807) is 0 Å². The number of hydrogen-bond donors (Lipinski definition) is 0. The smallest absolute Gasteiger partial charge is 0.231 e. The van der Waals surface area contributed by atoms with Crippen molar-refractivity contribution in [2.24, 2.45) is 5.92 Å². The number of amides is 1. The molecule has 0 N–H and O–H groups in total. The van der Waals surface area contributed by atoms with Crippen molar-refractivity contribution in [2.45, 2.75) is 12.8 Å². The number of rotatable bonds is 2. The summed E-state index contributed by atoms with van der Waals surface area (Å²) in [7, 11) is 2.10. The fraction of sp³-hybridized carbons (Fsp3) is 0.588. The van der Waals surface area contributed by atoms with Crippen molar-refractivity contribution in [3.8, 4) is 0 Å². The molecule has 4 heterocycles. The normalized spacial score (nSPS) is 22.6. The maximum Gasteiger partial charge on any atom is 0.231 e. The molecule has 134 valence electrons. The summed E-state index contributed by atoms with van der Waals surface area (Å²) in [6.07, 6.45) is 3.85. The highest BCUT2D eigenvalue weighted by Gasteiger charge is 2.32. The molecule has 2 fully saturated rings. The van der Waals surface area contributed by atoms with E-state index in [0.717, 1.165) is 51.5 Å². The van der Waals surface area contributed by atoms with E-state index in [2.05, 4.69) is 27.0 Å². The summed E-state index contributed by atoms with van der Waals surface area (Å²) < 4.78 is 1.91. The first-order valence-electron chi connectivity index (χ1n) is 8.85. The van der Waals surface area contributed by atoms with Crippen LogP contribution in [0.1, 0.15) is 12.8 Å². The monoisotopic (exact) mass is 362 g/mol. The highest BCUT2D eigenvalue weighted by atomic mass is 35.5. The van der Waals surface area contributed by atoms with Crippen LogP contribution in [0.3, 0.4) is 0 Å². The molecule has 4 rings (SSSR count). The average Bonchev–Trinajstić information content (AvgIpc) is 3.07. The van der Waals surface area contributed by atoms with Crippen LogP contribution in [0.25, 0.3) is 5.65 Å². The van der Waals surface area contributed by atoms with Crippen LogP contribution in [0.2, 0.25) is 5.02 Å². The Labute approximate surface area is 152 Å². The van der Waals surface area contributed by atoms with Gasteiger partial charge in [-0.15, -0.1) is 10.2 Å². The Morgan fingerprint density at radius 3 is 2.80 bits per heavy atom. The Kier molecular flexibility index (Phi) is 4.52. The predicted molar refractivity (Wildman–Crippen MR) is 97.0 cm³/mol. The van der Waals surface area contributed by atoms with Crippen LogP contribution in [0.4, 0.5) is 5.95 Å². The Morgan fingerprint density at radius 2 is 2.00 bits per heavy atom. The van der Waals surface area contributed by atoms with Crippen molar-refractivity contribution < 1.29 is 4.79 Å². The zero-order valence-corrected chi connectivity index (χ0v) is 15.2. The summed E-state index contributed by atoms with van der Waals surface area (Å²) in [5, 5.41) is 9.11. The van der Waals surface area contributed by atoms with Gasteiger partial charge < -0.3 is 14.7 Å². The number of halogens is 1. The molecule has 25 heavy (non-hydrogen) atoms. The van der Waals surface area contributed by atoms with Crippen molar-refractivity contribution in [1.82, 2.24) is 24.4 Å². The third-order valence-electron chi connectivity index (χ3n) is 5.24. The maximum atomic E-state index is 12.9. The Balaban J connectivity index is 1.50. The minimum atomic E-state index is 0.0312. The topological polar surface area (TPSA) is 57.0 Å². The van der Waals surface area contributed by atoms with E-state index < -0.39 is 0 Å². The molecule has 0 aromatic carbocycles. The molecular weight excluding hydrogens is 340 g/mol. The van der Waals surface area contributed by atoms with Gasteiger partial charge in [-0.1, -0.05) is 11.6 Å². The molecule has 0 radical (unpaired) electrons. The van der Waals surface area contributed by atoms with E-state index >= 15 is 0 Å². The van der Waals surface area contributed by atoms with Gasteiger partial charge in [-0.25, -0.2) is 0 Å². The zero-order valence-electron chi connectivity index (χ0n) is 14.4. The first-order chi connectivity index (χ1) is 12.1. The second kappa shape index (κ2) is 6.80. The van der Waals surface area contributed by atoms with Gasteiger partial charge in [-0.05, 0) is 32.0 Å². The standard InChI is InChI=1S/C17H23ClN6O/c1-21-8-10-22(11-9-21)16(25)13-4-2-6-23(12-13)17-20-19-15-14(18)5-3-7-24(15)17/h3,5,7,13H,2,4,6,8-12H2,1H3. The van der Waals surface area contributed by atoms with Gasteiger partial charge >= 0.3 is 0 Å². The largest absolute Gasteiger partial charge is 0.340 e. The number of fused-ring (bicyclic) bond motifs is 1. The molecule has 2 aromatic rings. The number of nitrogens with zero attached hydrogens (tertiary/aromatic N) is 6. The summed E-state index contributed by atoms with van der Waals surface area (Å²) in [6, 6.07) is 3.70. The minimum Gasteiger partial charge on any atom is -0.340 e. The molecule has 1 amide bonds. The van der Waals surface area contributed by atoms with Gasteiger partial charge in [0.1, 0.15) is 0 Å². The number of carbonyl (C=O) groups excluding carboxylic acids is 1. The Bertz CT molecular complexity index is 770. The number of pyridine rings is 1. The van der Waals surface area contributed by atoms with E-state index in [4.69, 9.17) is 11.6 Å². The number of likely N-dealkylation sites (N-methyl/N-ethyl adjacent to an activating group) is 1. The summed E-state index contributed by atoms with van der Waals surface area (Å²) in [5.41, 5.74) is 0.659. The molecule has 1 atom stereocenters. The fourth-order valence-electron chi connectivity index (χ4n) is 3.73. The second-order valence-electron chi connectivity index (χ2n) is 6.96. The van der Waals surface area contributed by atoms with Crippen LogP contribution >= 0.6 is 11.6 Å². The summed E-state index contributed by atoms with van der Waals surface area (Å²) >= 11 is 6.20. The van der Waals surface area contributed by atoms with Crippen LogP contribution in [0.5, 0.6) is 0 Å². The molecule has 2 aliphatic rings. The average molecular weight is 363 g/mol. The lowest BCUT2D eigenvalue weighted by molar-refractivity contribution is -0.137. The van der Waals surface area contributed by atoms with Gasteiger partial charge in [0, 0.05) is 45.5 Å². The van der Waals surface area contributed by atoms with Gasteiger partial charge in [0.2, 0.25) is 11.9 Å². The lowest BCUT2D eigenvalue weighted by Gasteiger charge is -2.38. The van der Waals surface area contributed by atoms with Crippen molar-refractivity contribution in [3.05, 3.63) is 23.4 Å². The molecule has 2 aromatic heterocycles. The number of piperidine rings is 1. The molecule has 7 nitrogen and oxygen atoms in total. The molecular formula is C17H23ClN6O. The molecule has 0 spiro atoms. The number of piperazine rings is 1. The maximum absolute atomic E-state index is 12.9. The van der Waals surface area contributed by atoms with Crippen LogP contribution in [-0.2, 0) is 4.79 Å². The van der Waals surface area contributed by atoms with Gasteiger partial charge in [0.15, 0.2) is 5.65 Å². The van der Waals surface area contributed by atoms with Gasteiger partial charge in [-0.2, -0.15) is 0 Å². The number of anilines is 1. The van der Waals surface area contributed by atoms with E-state index in [1.165, 1.54) is 0 Å². The number of aromatic nitrogens is 3. The number of hydrogen-bond acceptors (Lipinski definition) is 5. The van der Waals surface area contributed by atoms with Crippen molar-refractivity contribution in [1.29, 1.82) is 0 Å². The van der Waals surface area contributed by atoms with E-state index in [-0.39, 0.29) is 11.8 Å². The molecule has 8 heteroatoms. The third-order valence-corrected chi connectivity index (χ3v) is 5.53. The first-order valence-corrected chi connectivity index (χ1v) is 9.23. The van der Waals surface area contributed by atoms with Crippen LogP contribution in [0.15, 0.2) is 18.3 Å². The van der Waals surface area contributed by atoms with Crippen LogP contribution in [-0.4, -0.2) is 76.6 Å².